The lowest BCUT2D eigenvalue weighted by molar-refractivity contribution is -0.317. The van der Waals surface area contributed by atoms with Crippen LogP contribution in [0, 0.1) is 0 Å². The fourth-order valence-corrected chi connectivity index (χ4v) is 1.88. The molecule has 0 aromatic rings. The Balaban J connectivity index is 2.71. The number of aliphatic hydroxyl groups excluding tert-OH is 3. The van der Waals surface area contributed by atoms with Gasteiger partial charge in [-0.15, -0.1) is 0 Å². The predicted molar refractivity (Wildman–Crippen MR) is 56.4 cm³/mol. The van der Waals surface area contributed by atoms with Gasteiger partial charge in [-0.2, -0.15) is 5.06 Å². The van der Waals surface area contributed by atoms with Crippen molar-refractivity contribution in [1.29, 1.82) is 0 Å². The Labute approximate surface area is 95.3 Å². The highest BCUT2D eigenvalue weighted by Crippen LogP contribution is 2.24. The van der Waals surface area contributed by atoms with Gasteiger partial charge in [0.15, 0.2) is 6.23 Å². The summed E-state index contributed by atoms with van der Waals surface area (Å²) in [4.78, 5) is 5.13. The molecule has 0 aliphatic carbocycles. The van der Waals surface area contributed by atoms with E-state index < -0.39 is 24.5 Å². The second-order valence-corrected chi connectivity index (χ2v) is 4.25. The molecule has 96 valence electrons. The lowest BCUT2D eigenvalue weighted by Crippen LogP contribution is -2.57. The first-order valence-corrected chi connectivity index (χ1v) is 5.46. The van der Waals surface area contributed by atoms with Gasteiger partial charge in [-0.25, -0.2) is 0 Å². The summed E-state index contributed by atoms with van der Waals surface area (Å²) in [6.07, 6.45) is -2.85. The quantitative estimate of drug-likeness (QED) is 0.547. The zero-order valence-electron chi connectivity index (χ0n) is 9.91. The summed E-state index contributed by atoms with van der Waals surface area (Å²) >= 11 is 0. The molecular formula is C10H21NO5. The Morgan fingerprint density at radius 1 is 1.38 bits per heavy atom. The van der Waals surface area contributed by atoms with Crippen molar-refractivity contribution in [1.82, 2.24) is 5.06 Å². The van der Waals surface area contributed by atoms with Crippen molar-refractivity contribution in [3.63, 3.8) is 0 Å². The Kier molecular flexibility index (Phi) is 5.10. The van der Waals surface area contributed by atoms with Crippen LogP contribution in [-0.2, 0) is 9.57 Å². The molecule has 0 amide bonds. The van der Waals surface area contributed by atoms with E-state index in [2.05, 4.69) is 0 Å². The lowest BCUT2D eigenvalue weighted by atomic mass is 10.0. The maximum atomic E-state index is 9.81. The molecule has 1 heterocycles. The molecule has 0 aromatic carbocycles. The molecule has 16 heavy (non-hydrogen) atoms. The van der Waals surface area contributed by atoms with E-state index in [1.165, 1.54) is 12.2 Å². The minimum atomic E-state index is -0.845. The fraction of sp³-hybridized carbons (Fsp3) is 1.00. The van der Waals surface area contributed by atoms with Gasteiger partial charge in [0.25, 0.3) is 0 Å². The molecule has 0 bridgehead atoms. The van der Waals surface area contributed by atoms with Gasteiger partial charge in [-0.1, -0.05) is 0 Å². The van der Waals surface area contributed by atoms with Crippen molar-refractivity contribution < 1.29 is 24.9 Å². The highest BCUT2D eigenvalue weighted by Gasteiger charge is 2.40. The summed E-state index contributed by atoms with van der Waals surface area (Å²) in [5.41, 5.74) is 0. The number of hydroxylamine groups is 2. The Bertz CT molecular complexity index is 213. The fourth-order valence-electron chi connectivity index (χ4n) is 1.88. The van der Waals surface area contributed by atoms with Crippen LogP contribution in [0.15, 0.2) is 0 Å². The van der Waals surface area contributed by atoms with Gasteiger partial charge in [0.1, 0.15) is 6.10 Å². The van der Waals surface area contributed by atoms with Gasteiger partial charge in [0.05, 0.1) is 25.9 Å². The number of rotatable bonds is 4. The molecule has 1 aliphatic rings. The summed E-state index contributed by atoms with van der Waals surface area (Å²) < 4.78 is 5.43. The van der Waals surface area contributed by atoms with Gasteiger partial charge >= 0.3 is 0 Å². The van der Waals surface area contributed by atoms with E-state index in [-0.39, 0.29) is 19.1 Å². The molecule has 0 aromatic heterocycles. The van der Waals surface area contributed by atoms with Gasteiger partial charge in [0, 0.05) is 12.5 Å². The second-order valence-electron chi connectivity index (χ2n) is 4.25. The van der Waals surface area contributed by atoms with Crippen LogP contribution in [-0.4, -0.2) is 64.7 Å². The molecular weight excluding hydrogens is 214 g/mol. The predicted octanol–water partition coefficient (Wildman–Crippen LogP) is -0.913. The SMILES string of the molecule is CON(C(C)C)C1OC(CO)[C@H](O)CC1O. The molecule has 4 atom stereocenters. The van der Waals surface area contributed by atoms with Crippen LogP contribution in [0.2, 0.25) is 0 Å². The largest absolute Gasteiger partial charge is 0.394 e. The first-order chi connectivity index (χ1) is 7.51. The minimum absolute atomic E-state index is 0.0271. The molecule has 6 heteroatoms. The minimum Gasteiger partial charge on any atom is -0.394 e. The maximum absolute atomic E-state index is 9.81. The second kappa shape index (κ2) is 5.90. The zero-order chi connectivity index (χ0) is 12.3. The lowest BCUT2D eigenvalue weighted by Gasteiger charge is -2.42. The monoisotopic (exact) mass is 235 g/mol. The van der Waals surface area contributed by atoms with Gasteiger partial charge in [-0.3, -0.25) is 4.84 Å². The van der Waals surface area contributed by atoms with Crippen molar-refractivity contribution in [2.45, 2.75) is 50.8 Å². The normalized spacial score (nSPS) is 36.0. The average molecular weight is 235 g/mol. The third-order valence-corrected chi connectivity index (χ3v) is 2.71. The van der Waals surface area contributed by atoms with E-state index in [1.807, 2.05) is 13.8 Å². The van der Waals surface area contributed by atoms with Crippen molar-refractivity contribution in [2.24, 2.45) is 0 Å². The molecule has 1 saturated heterocycles. The molecule has 1 rings (SSSR count). The van der Waals surface area contributed by atoms with Crippen LogP contribution in [0.25, 0.3) is 0 Å². The molecule has 1 aliphatic heterocycles. The van der Waals surface area contributed by atoms with Crippen LogP contribution in [0.3, 0.4) is 0 Å². The van der Waals surface area contributed by atoms with Crippen molar-refractivity contribution in [3.05, 3.63) is 0 Å². The van der Waals surface area contributed by atoms with Crippen LogP contribution in [0.1, 0.15) is 20.3 Å². The first kappa shape index (κ1) is 13.8. The Morgan fingerprint density at radius 3 is 2.44 bits per heavy atom. The third kappa shape index (κ3) is 2.91. The van der Waals surface area contributed by atoms with E-state index >= 15 is 0 Å². The molecule has 0 spiro atoms. The van der Waals surface area contributed by atoms with E-state index in [1.54, 1.807) is 0 Å². The summed E-state index contributed by atoms with van der Waals surface area (Å²) in [6.45, 7) is 3.52. The van der Waals surface area contributed by atoms with Crippen molar-refractivity contribution in [2.75, 3.05) is 13.7 Å². The maximum Gasteiger partial charge on any atom is 0.159 e. The topological polar surface area (TPSA) is 82.4 Å². The van der Waals surface area contributed by atoms with E-state index in [4.69, 9.17) is 14.7 Å². The Hall–Kier alpha value is -0.240. The van der Waals surface area contributed by atoms with E-state index in [9.17, 15) is 10.2 Å². The molecule has 0 radical (unpaired) electrons. The highest BCUT2D eigenvalue weighted by atomic mass is 16.7. The number of hydrogen-bond donors (Lipinski definition) is 3. The van der Waals surface area contributed by atoms with E-state index in [0.717, 1.165) is 0 Å². The molecule has 3 N–H and O–H groups in total. The van der Waals surface area contributed by atoms with Crippen LogP contribution >= 0.6 is 0 Å². The highest BCUT2D eigenvalue weighted by molar-refractivity contribution is 4.83. The Morgan fingerprint density at radius 2 is 2.00 bits per heavy atom. The standard InChI is InChI=1S/C10H21NO5/c1-6(2)11(15-3)10-8(14)4-7(13)9(5-12)16-10/h6-10,12-14H,4-5H2,1-3H3/t7-,8?,9?,10?/m1/s1. The number of ether oxygens (including phenoxy) is 1. The van der Waals surface area contributed by atoms with Crippen LogP contribution in [0.5, 0.6) is 0 Å². The average Bonchev–Trinajstić information content (AvgIpc) is 2.21. The van der Waals surface area contributed by atoms with Crippen molar-refractivity contribution in [3.8, 4) is 0 Å². The van der Waals surface area contributed by atoms with E-state index in [0.29, 0.717) is 0 Å². The smallest absolute Gasteiger partial charge is 0.159 e. The summed E-state index contributed by atoms with van der Waals surface area (Å²) in [5, 5.41) is 29.9. The molecule has 1 fully saturated rings. The zero-order valence-corrected chi connectivity index (χ0v) is 9.91. The summed E-state index contributed by atoms with van der Waals surface area (Å²) in [5.74, 6) is 0. The summed E-state index contributed by atoms with van der Waals surface area (Å²) in [6, 6.07) is 0.0271. The number of hydrogen-bond acceptors (Lipinski definition) is 6. The number of nitrogens with zero attached hydrogens (tertiary/aromatic N) is 1. The third-order valence-electron chi connectivity index (χ3n) is 2.71. The number of aliphatic hydroxyl groups is 3. The van der Waals surface area contributed by atoms with Crippen LogP contribution in [0.4, 0.5) is 0 Å². The van der Waals surface area contributed by atoms with Crippen molar-refractivity contribution >= 4 is 0 Å². The molecule has 0 saturated carbocycles. The van der Waals surface area contributed by atoms with Crippen LogP contribution < -0.4 is 0 Å². The molecule has 3 unspecified atom stereocenters. The van der Waals surface area contributed by atoms with Gasteiger partial charge in [-0.05, 0) is 13.8 Å². The van der Waals surface area contributed by atoms with Gasteiger partial charge < -0.3 is 20.1 Å². The molecule has 6 nitrogen and oxygen atoms in total. The summed E-state index contributed by atoms with van der Waals surface area (Å²) in [7, 11) is 1.50. The van der Waals surface area contributed by atoms with Gasteiger partial charge in [0.2, 0.25) is 0 Å². The first-order valence-electron chi connectivity index (χ1n) is 5.46.